The summed E-state index contributed by atoms with van der Waals surface area (Å²) < 4.78 is 6.26. The van der Waals surface area contributed by atoms with E-state index in [1.807, 2.05) is 42.5 Å². The summed E-state index contributed by atoms with van der Waals surface area (Å²) >= 11 is 0. The molecule has 11 nitrogen and oxygen atoms in total. The fourth-order valence-corrected chi connectivity index (χ4v) is 9.22. The Bertz CT molecular complexity index is 2150. The molecule has 306 valence electrons. The molecule has 4 aromatic rings. The van der Waals surface area contributed by atoms with E-state index in [1.54, 1.807) is 17.0 Å². The van der Waals surface area contributed by atoms with Crippen molar-refractivity contribution in [1.29, 1.82) is 0 Å². The second-order valence-electron chi connectivity index (χ2n) is 16.3. The number of anilines is 1. The molecular weight excluding hydrogens is 741 g/mol. The predicted octanol–water partition coefficient (Wildman–Crippen LogP) is 4.41. The molecule has 3 saturated heterocycles. The lowest BCUT2D eigenvalue weighted by Gasteiger charge is -2.39. The molecule has 0 bridgehead atoms. The number of ether oxygens (including phenoxy) is 1. The molecule has 12 heteroatoms. The number of rotatable bonds is 13. The lowest BCUT2D eigenvalue weighted by atomic mass is 9.79. The van der Waals surface area contributed by atoms with Gasteiger partial charge in [-0.3, -0.25) is 29.5 Å². The van der Waals surface area contributed by atoms with Crippen LogP contribution in [-0.4, -0.2) is 115 Å². The van der Waals surface area contributed by atoms with E-state index in [4.69, 9.17) is 4.74 Å². The van der Waals surface area contributed by atoms with Crippen LogP contribution in [0.15, 0.2) is 97.1 Å². The van der Waals surface area contributed by atoms with E-state index in [1.165, 1.54) is 18.4 Å². The van der Waals surface area contributed by atoms with Crippen LogP contribution in [0.4, 0.5) is 5.69 Å². The van der Waals surface area contributed by atoms with Crippen LogP contribution in [0.25, 0.3) is 11.1 Å². The van der Waals surface area contributed by atoms with E-state index in [0.717, 1.165) is 98.0 Å². The summed E-state index contributed by atoms with van der Waals surface area (Å²) in [5, 5.41) is 21.7. The first-order valence-electron chi connectivity index (χ1n) is 21.2. The zero-order valence-electron chi connectivity index (χ0n) is 33.9. The highest BCUT2D eigenvalue weighted by Crippen LogP contribution is 2.35. The van der Waals surface area contributed by atoms with Crippen LogP contribution in [0.5, 0.6) is 5.75 Å². The van der Waals surface area contributed by atoms with E-state index in [2.05, 4.69) is 69.4 Å². The Labute approximate surface area is 347 Å². The van der Waals surface area contributed by atoms with Gasteiger partial charge in [0.2, 0.25) is 11.8 Å². The molecule has 4 aliphatic rings. The smallest absolute Gasteiger partial charge is 0.488 e. The summed E-state index contributed by atoms with van der Waals surface area (Å²) in [6.07, 6.45) is 3.84. The first kappa shape index (κ1) is 40.5. The Hall–Kier alpha value is -5.27. The highest BCUT2D eigenvalue weighted by Gasteiger charge is 2.39. The highest BCUT2D eigenvalue weighted by molar-refractivity contribution is 6.58. The van der Waals surface area contributed by atoms with Crippen LogP contribution >= 0.6 is 0 Å². The van der Waals surface area contributed by atoms with Crippen molar-refractivity contribution in [3.63, 3.8) is 0 Å². The molecule has 4 heterocycles. The quantitative estimate of drug-likeness (QED) is 0.103. The molecule has 0 unspecified atom stereocenters. The predicted molar refractivity (Wildman–Crippen MR) is 231 cm³/mol. The zero-order chi connectivity index (χ0) is 40.9. The number of nitrogens with one attached hydrogen (secondary N) is 1. The van der Waals surface area contributed by atoms with E-state index >= 15 is 0 Å². The number of piperidine rings is 2. The number of amides is 3. The van der Waals surface area contributed by atoms with Gasteiger partial charge in [-0.05, 0) is 114 Å². The number of piperazine rings is 1. The molecule has 0 spiro atoms. The van der Waals surface area contributed by atoms with Gasteiger partial charge >= 0.3 is 7.12 Å². The number of fused-ring (bicyclic) bond motifs is 1. The Balaban J connectivity index is 0.785. The standard InChI is InChI=1S/C47H54BN5O6/c1-2-41(34-6-4-3-5-7-34)45(35-8-12-38(13-9-35)48(57)58)36-10-15-40(16-11-36)59-29-28-50-22-20-33(21-23-50)31-51-24-26-52(27-25-51)39-14-17-42-37(30-39)32-53(47(42)56)43-18-19-44(54)49-46(43)55/h3-17,30,33,43,57-58H,2,18-29,31-32H2,1H3,(H,49,54,55)/b45-41+/t43-/m1/s1. The SMILES string of the molecule is CC/C(=C(\c1ccc(OCCN2CCC(CN3CCN(c4ccc5c(c4)CN([C@@H]4CCC(=O)NC4=O)C5=O)CC3)CC2)cc1)c1ccc(B(O)O)cc1)c1ccccc1. The van der Waals surface area contributed by atoms with Crippen molar-refractivity contribution in [2.24, 2.45) is 5.92 Å². The van der Waals surface area contributed by atoms with E-state index in [9.17, 15) is 24.4 Å². The number of hydrogen-bond donors (Lipinski definition) is 3. The summed E-state index contributed by atoms with van der Waals surface area (Å²) in [5.41, 5.74) is 8.80. The van der Waals surface area contributed by atoms with Crippen molar-refractivity contribution in [1.82, 2.24) is 20.0 Å². The molecule has 3 N–H and O–H groups in total. The maximum Gasteiger partial charge on any atom is 0.488 e. The molecule has 0 saturated carbocycles. The summed E-state index contributed by atoms with van der Waals surface area (Å²) in [7, 11) is -1.50. The first-order chi connectivity index (χ1) is 28.7. The van der Waals surface area contributed by atoms with Gasteiger partial charge in [-0.1, -0.05) is 73.7 Å². The van der Waals surface area contributed by atoms with Crippen molar-refractivity contribution in [3.05, 3.63) is 125 Å². The van der Waals surface area contributed by atoms with Crippen molar-refractivity contribution in [2.75, 3.05) is 63.9 Å². The minimum absolute atomic E-state index is 0.130. The summed E-state index contributed by atoms with van der Waals surface area (Å²) in [5.74, 6) is 0.754. The van der Waals surface area contributed by atoms with E-state index < -0.39 is 13.2 Å². The van der Waals surface area contributed by atoms with Gasteiger partial charge in [0.15, 0.2) is 0 Å². The van der Waals surface area contributed by atoms with Gasteiger partial charge in [0.1, 0.15) is 18.4 Å². The van der Waals surface area contributed by atoms with Gasteiger partial charge in [0.25, 0.3) is 5.91 Å². The molecule has 8 rings (SSSR count). The van der Waals surface area contributed by atoms with Gasteiger partial charge < -0.3 is 24.6 Å². The number of nitrogens with zero attached hydrogens (tertiary/aromatic N) is 4. The van der Waals surface area contributed by atoms with E-state index in [-0.39, 0.29) is 24.1 Å². The Kier molecular flexibility index (Phi) is 12.6. The fourth-order valence-electron chi connectivity index (χ4n) is 9.22. The minimum atomic E-state index is -1.50. The second-order valence-corrected chi connectivity index (χ2v) is 16.3. The van der Waals surface area contributed by atoms with Crippen molar-refractivity contribution in [3.8, 4) is 5.75 Å². The third-order valence-corrected chi connectivity index (χ3v) is 12.6. The third-order valence-electron chi connectivity index (χ3n) is 12.6. The second kappa shape index (κ2) is 18.3. The molecule has 3 amide bonds. The van der Waals surface area contributed by atoms with Crippen LogP contribution in [0.1, 0.15) is 71.6 Å². The maximum atomic E-state index is 13.1. The molecule has 4 aromatic carbocycles. The number of benzene rings is 4. The molecule has 4 aliphatic heterocycles. The number of imide groups is 1. The summed E-state index contributed by atoms with van der Waals surface area (Å²) in [6, 6.07) is 31.7. The molecule has 0 aliphatic carbocycles. The van der Waals surface area contributed by atoms with Crippen molar-refractivity contribution < 1.29 is 29.2 Å². The third kappa shape index (κ3) is 9.31. The van der Waals surface area contributed by atoms with Crippen LogP contribution in [0, 0.1) is 5.92 Å². The van der Waals surface area contributed by atoms with Crippen LogP contribution in [0.3, 0.4) is 0 Å². The molecule has 59 heavy (non-hydrogen) atoms. The fraction of sp³-hybridized carbons (Fsp3) is 0.383. The average Bonchev–Trinajstić information content (AvgIpc) is 3.59. The largest absolute Gasteiger partial charge is 0.492 e. The monoisotopic (exact) mass is 795 g/mol. The van der Waals surface area contributed by atoms with Crippen molar-refractivity contribution in [2.45, 2.75) is 51.6 Å². The summed E-state index contributed by atoms with van der Waals surface area (Å²) in [6.45, 7) is 11.3. The van der Waals surface area contributed by atoms with Gasteiger partial charge in [0.05, 0.1) is 0 Å². The number of carbonyl (C=O) groups excluding carboxylic acids is 3. The van der Waals surface area contributed by atoms with Crippen LogP contribution < -0.4 is 20.4 Å². The van der Waals surface area contributed by atoms with Crippen LogP contribution in [0.2, 0.25) is 0 Å². The molecule has 0 radical (unpaired) electrons. The molecular formula is C47H54BN5O6. The zero-order valence-corrected chi connectivity index (χ0v) is 33.9. The lowest BCUT2D eigenvalue weighted by molar-refractivity contribution is -0.136. The van der Waals surface area contributed by atoms with Gasteiger partial charge in [-0.2, -0.15) is 0 Å². The molecule has 1 atom stereocenters. The number of likely N-dealkylation sites (tertiary alicyclic amines) is 1. The number of hydrogen-bond acceptors (Lipinski definition) is 9. The Morgan fingerprint density at radius 3 is 2.14 bits per heavy atom. The topological polar surface area (TPSA) is 126 Å². The maximum absolute atomic E-state index is 13.1. The Morgan fingerprint density at radius 1 is 0.780 bits per heavy atom. The van der Waals surface area contributed by atoms with Crippen molar-refractivity contribution >= 4 is 47.1 Å². The number of allylic oxidation sites excluding steroid dienone is 1. The highest BCUT2D eigenvalue weighted by atomic mass is 16.5. The molecule has 3 fully saturated rings. The Morgan fingerprint density at radius 2 is 1.47 bits per heavy atom. The number of carbonyl (C=O) groups is 3. The minimum Gasteiger partial charge on any atom is -0.492 e. The van der Waals surface area contributed by atoms with Crippen LogP contribution in [-0.2, 0) is 16.1 Å². The lowest BCUT2D eigenvalue weighted by Crippen LogP contribution is -2.52. The van der Waals surface area contributed by atoms with E-state index in [0.29, 0.717) is 36.5 Å². The first-order valence-corrected chi connectivity index (χ1v) is 21.2. The molecule has 0 aromatic heterocycles. The summed E-state index contributed by atoms with van der Waals surface area (Å²) in [4.78, 5) is 46.4. The average molecular weight is 796 g/mol. The van der Waals surface area contributed by atoms with Gasteiger partial charge in [-0.15, -0.1) is 0 Å². The van der Waals surface area contributed by atoms with Gasteiger partial charge in [0, 0.05) is 63.5 Å². The van der Waals surface area contributed by atoms with Gasteiger partial charge in [-0.25, -0.2) is 0 Å². The normalized spacial score (nSPS) is 19.7.